The third-order valence-corrected chi connectivity index (χ3v) is 3.41. The number of hydrogen-bond acceptors (Lipinski definition) is 3. The van der Waals surface area contributed by atoms with Crippen LogP contribution >= 0.6 is 11.8 Å². The topological polar surface area (TPSA) is 26.3 Å². The number of carbonyl (C=O) groups excluding carboxylic acids is 1. The number of hydrogen-bond donors (Lipinski definition) is 0. The summed E-state index contributed by atoms with van der Waals surface area (Å²) in [4.78, 5) is 12.5. The largest absolute Gasteiger partial charge is 0.452 e. The van der Waals surface area contributed by atoms with E-state index < -0.39 is 5.60 Å². The Morgan fingerprint density at radius 2 is 1.81 bits per heavy atom. The molecule has 0 aromatic heterocycles. The second kappa shape index (κ2) is 3.98. The van der Waals surface area contributed by atoms with Gasteiger partial charge < -0.3 is 4.74 Å². The fourth-order valence-corrected chi connectivity index (χ4v) is 2.24. The van der Waals surface area contributed by atoms with Crippen molar-refractivity contribution >= 4 is 23.3 Å². The molecule has 0 N–H and O–H groups in total. The monoisotopic (exact) mass is 234 g/mol. The zero-order valence-corrected chi connectivity index (χ0v) is 10.4. The quantitative estimate of drug-likeness (QED) is 0.581. The van der Waals surface area contributed by atoms with Crippen LogP contribution < -0.4 is 0 Å². The number of esters is 1. The summed E-state index contributed by atoms with van der Waals surface area (Å²) in [5.41, 5.74) is 1.48. The number of benzene rings is 1. The maximum atomic E-state index is 11.3. The second-order valence-corrected chi connectivity index (χ2v) is 5.10. The van der Waals surface area contributed by atoms with Gasteiger partial charge in [-0.2, -0.15) is 0 Å². The van der Waals surface area contributed by atoms with Gasteiger partial charge in [0.1, 0.15) is 5.60 Å². The molecule has 0 saturated carbocycles. The molecule has 1 heterocycles. The van der Waals surface area contributed by atoms with Gasteiger partial charge >= 0.3 is 5.97 Å². The van der Waals surface area contributed by atoms with Crippen LogP contribution in [0.15, 0.2) is 35.2 Å². The Kier molecular flexibility index (Phi) is 2.80. The highest BCUT2D eigenvalue weighted by Crippen LogP contribution is 2.35. The maximum Gasteiger partial charge on any atom is 0.332 e. The van der Waals surface area contributed by atoms with Gasteiger partial charge in [-0.15, -0.1) is 11.8 Å². The molecule has 1 aromatic carbocycles. The Morgan fingerprint density at radius 3 is 2.25 bits per heavy atom. The molecule has 16 heavy (non-hydrogen) atoms. The average Bonchev–Trinajstić information content (AvgIpc) is 2.52. The predicted octanol–water partition coefficient (Wildman–Crippen LogP) is 3.13. The van der Waals surface area contributed by atoms with Crippen molar-refractivity contribution in [1.82, 2.24) is 0 Å². The van der Waals surface area contributed by atoms with Crippen LogP contribution in [0.5, 0.6) is 0 Å². The van der Waals surface area contributed by atoms with E-state index >= 15 is 0 Å². The molecule has 0 bridgehead atoms. The zero-order chi connectivity index (χ0) is 11.8. The van der Waals surface area contributed by atoms with E-state index in [9.17, 15) is 4.79 Å². The normalized spacial score (nSPS) is 18.2. The Labute approximate surface area is 99.7 Å². The molecule has 0 unspecified atom stereocenters. The predicted molar refractivity (Wildman–Crippen MR) is 66.4 cm³/mol. The highest BCUT2D eigenvalue weighted by atomic mass is 32.2. The summed E-state index contributed by atoms with van der Waals surface area (Å²) >= 11 is 1.70. The van der Waals surface area contributed by atoms with Crippen LogP contribution in [0.25, 0.3) is 5.57 Å². The van der Waals surface area contributed by atoms with E-state index in [0.29, 0.717) is 0 Å². The lowest BCUT2D eigenvalue weighted by atomic mass is 9.92. The van der Waals surface area contributed by atoms with Gasteiger partial charge in [0, 0.05) is 16.5 Å². The van der Waals surface area contributed by atoms with Gasteiger partial charge in [-0.3, -0.25) is 0 Å². The maximum absolute atomic E-state index is 11.3. The molecule has 0 spiro atoms. The third kappa shape index (κ3) is 2.00. The SMILES string of the molecule is CSc1ccc(C2=CC(=O)OC2(C)C)cc1. The Hall–Kier alpha value is -1.22. The van der Waals surface area contributed by atoms with E-state index in [1.807, 2.05) is 32.2 Å². The molecule has 1 aromatic rings. The van der Waals surface area contributed by atoms with Crippen molar-refractivity contribution in [1.29, 1.82) is 0 Å². The molecule has 0 saturated heterocycles. The van der Waals surface area contributed by atoms with E-state index in [1.165, 1.54) is 4.90 Å². The minimum atomic E-state index is -0.516. The summed E-state index contributed by atoms with van der Waals surface area (Å²) in [6.07, 6.45) is 3.62. The Morgan fingerprint density at radius 1 is 1.19 bits per heavy atom. The average molecular weight is 234 g/mol. The first-order chi connectivity index (χ1) is 7.53. The van der Waals surface area contributed by atoms with Gasteiger partial charge in [-0.05, 0) is 37.8 Å². The van der Waals surface area contributed by atoms with E-state index in [0.717, 1.165) is 11.1 Å². The van der Waals surface area contributed by atoms with Crippen molar-refractivity contribution < 1.29 is 9.53 Å². The lowest BCUT2D eigenvalue weighted by molar-refractivity contribution is -0.142. The Bertz CT molecular complexity index is 444. The molecule has 3 heteroatoms. The molecule has 1 aliphatic heterocycles. The summed E-state index contributed by atoms with van der Waals surface area (Å²) in [6.45, 7) is 3.82. The van der Waals surface area contributed by atoms with Crippen molar-refractivity contribution in [2.24, 2.45) is 0 Å². The van der Waals surface area contributed by atoms with E-state index in [1.54, 1.807) is 17.8 Å². The van der Waals surface area contributed by atoms with Gasteiger partial charge in [0.2, 0.25) is 0 Å². The standard InChI is InChI=1S/C13H14O2S/c1-13(2)11(8-12(14)15-13)9-4-6-10(16-3)7-5-9/h4-8H,1-3H3. The molecular weight excluding hydrogens is 220 g/mol. The molecule has 2 rings (SSSR count). The first-order valence-corrected chi connectivity index (χ1v) is 6.35. The molecule has 0 fully saturated rings. The number of ether oxygens (including phenoxy) is 1. The van der Waals surface area contributed by atoms with Crippen LogP contribution in [-0.2, 0) is 9.53 Å². The van der Waals surface area contributed by atoms with Crippen LogP contribution in [0, 0.1) is 0 Å². The summed E-state index contributed by atoms with van der Waals surface area (Å²) < 4.78 is 5.24. The van der Waals surface area contributed by atoms with Gasteiger partial charge in [0.05, 0.1) is 0 Å². The fourth-order valence-electron chi connectivity index (χ4n) is 1.83. The highest BCUT2D eigenvalue weighted by molar-refractivity contribution is 7.98. The van der Waals surface area contributed by atoms with E-state index in [-0.39, 0.29) is 5.97 Å². The fraction of sp³-hybridized carbons (Fsp3) is 0.308. The number of rotatable bonds is 2. The number of thioether (sulfide) groups is 1. The number of cyclic esters (lactones) is 1. The molecule has 1 aliphatic rings. The summed E-state index contributed by atoms with van der Waals surface area (Å²) in [6, 6.07) is 8.17. The molecule has 0 radical (unpaired) electrons. The van der Waals surface area contributed by atoms with E-state index in [4.69, 9.17) is 4.74 Å². The Balaban J connectivity index is 2.37. The second-order valence-electron chi connectivity index (χ2n) is 4.22. The lowest BCUT2D eigenvalue weighted by Crippen LogP contribution is -2.22. The van der Waals surface area contributed by atoms with Crippen molar-refractivity contribution in [2.45, 2.75) is 24.3 Å². The molecular formula is C13H14O2S. The van der Waals surface area contributed by atoms with Crippen LogP contribution in [0.1, 0.15) is 19.4 Å². The molecule has 0 amide bonds. The first-order valence-electron chi connectivity index (χ1n) is 5.12. The van der Waals surface area contributed by atoms with Gasteiger partial charge in [-0.1, -0.05) is 12.1 Å². The van der Waals surface area contributed by atoms with Crippen LogP contribution in [0.2, 0.25) is 0 Å². The molecule has 0 aliphatic carbocycles. The zero-order valence-electron chi connectivity index (χ0n) is 9.61. The molecule has 84 valence electrons. The molecule has 2 nitrogen and oxygen atoms in total. The van der Waals surface area contributed by atoms with Gasteiger partial charge in [-0.25, -0.2) is 4.79 Å². The number of carbonyl (C=O) groups is 1. The van der Waals surface area contributed by atoms with Crippen molar-refractivity contribution in [3.63, 3.8) is 0 Å². The molecule has 0 atom stereocenters. The first kappa shape index (κ1) is 11.3. The summed E-state index contributed by atoms with van der Waals surface area (Å²) in [5, 5.41) is 0. The minimum absolute atomic E-state index is 0.256. The van der Waals surface area contributed by atoms with Crippen LogP contribution in [0.3, 0.4) is 0 Å². The van der Waals surface area contributed by atoms with Gasteiger partial charge in [0.25, 0.3) is 0 Å². The third-order valence-electron chi connectivity index (χ3n) is 2.67. The van der Waals surface area contributed by atoms with Crippen LogP contribution in [-0.4, -0.2) is 17.8 Å². The summed E-state index contributed by atoms with van der Waals surface area (Å²) in [5.74, 6) is -0.256. The lowest BCUT2D eigenvalue weighted by Gasteiger charge is -2.21. The van der Waals surface area contributed by atoms with Crippen molar-refractivity contribution in [3.05, 3.63) is 35.9 Å². The van der Waals surface area contributed by atoms with Crippen LogP contribution in [0.4, 0.5) is 0 Å². The summed E-state index contributed by atoms with van der Waals surface area (Å²) in [7, 11) is 0. The highest BCUT2D eigenvalue weighted by Gasteiger charge is 2.34. The minimum Gasteiger partial charge on any atom is -0.452 e. The van der Waals surface area contributed by atoms with E-state index in [2.05, 4.69) is 12.1 Å². The smallest absolute Gasteiger partial charge is 0.332 e. The van der Waals surface area contributed by atoms with Gasteiger partial charge in [0.15, 0.2) is 0 Å². The van der Waals surface area contributed by atoms with Crippen molar-refractivity contribution in [2.75, 3.05) is 6.26 Å². The van der Waals surface area contributed by atoms with Crippen molar-refractivity contribution in [3.8, 4) is 0 Å².